The minimum absolute atomic E-state index is 0.108. The predicted octanol–water partition coefficient (Wildman–Crippen LogP) is 6.38. The lowest BCUT2D eigenvalue weighted by Gasteiger charge is -2.34. The quantitative estimate of drug-likeness (QED) is 0.371. The summed E-state index contributed by atoms with van der Waals surface area (Å²) in [5, 5.41) is 21.7. The van der Waals surface area contributed by atoms with Crippen LogP contribution in [0.4, 0.5) is 0 Å². The second-order valence-corrected chi connectivity index (χ2v) is 8.97. The van der Waals surface area contributed by atoms with Crippen LogP contribution in [-0.2, 0) is 16.0 Å². The summed E-state index contributed by atoms with van der Waals surface area (Å²) < 4.78 is 5.32. The van der Waals surface area contributed by atoms with E-state index in [0.717, 1.165) is 55.2 Å². The minimum Gasteiger partial charge on any atom is -0.507 e. The molecule has 1 atom stereocenters. The van der Waals surface area contributed by atoms with Crippen molar-refractivity contribution >= 4 is 11.5 Å². The summed E-state index contributed by atoms with van der Waals surface area (Å²) in [6.45, 7) is 10.3. The zero-order valence-corrected chi connectivity index (χ0v) is 18.8. The molecular weight excluding hydrogens is 364 g/mol. The number of ether oxygens (including phenoxy) is 1. The van der Waals surface area contributed by atoms with Gasteiger partial charge in [0, 0.05) is 0 Å². The van der Waals surface area contributed by atoms with Gasteiger partial charge in [0.2, 0.25) is 0 Å². The molecule has 0 spiro atoms. The SMILES string of the molecule is CCCCCCc1cc(O)c(C2=C(C(C)(C)C(=O)OCC)CCC(C)C2)c(O)c1. The van der Waals surface area contributed by atoms with Gasteiger partial charge < -0.3 is 14.9 Å². The van der Waals surface area contributed by atoms with Crippen molar-refractivity contribution in [1.82, 2.24) is 0 Å². The van der Waals surface area contributed by atoms with Crippen LogP contribution in [0.1, 0.15) is 90.7 Å². The van der Waals surface area contributed by atoms with Gasteiger partial charge >= 0.3 is 5.97 Å². The van der Waals surface area contributed by atoms with Crippen LogP contribution in [0.5, 0.6) is 11.5 Å². The fourth-order valence-electron chi connectivity index (χ4n) is 4.37. The van der Waals surface area contributed by atoms with Gasteiger partial charge in [0.05, 0.1) is 17.6 Å². The first-order valence-electron chi connectivity index (χ1n) is 11.2. The van der Waals surface area contributed by atoms with Crippen LogP contribution in [0.25, 0.3) is 5.57 Å². The number of allylic oxidation sites excluding steroid dienone is 1. The van der Waals surface area contributed by atoms with Crippen molar-refractivity contribution in [2.24, 2.45) is 11.3 Å². The van der Waals surface area contributed by atoms with Crippen LogP contribution in [0.15, 0.2) is 17.7 Å². The predicted molar refractivity (Wildman–Crippen MR) is 118 cm³/mol. The first-order valence-corrected chi connectivity index (χ1v) is 11.2. The Bertz CT molecular complexity index is 722. The molecule has 1 aromatic carbocycles. The highest BCUT2D eigenvalue weighted by Crippen LogP contribution is 2.48. The van der Waals surface area contributed by atoms with Gasteiger partial charge in [-0.15, -0.1) is 0 Å². The molecule has 4 heteroatoms. The smallest absolute Gasteiger partial charge is 0.315 e. The maximum atomic E-state index is 12.6. The average molecular weight is 403 g/mol. The van der Waals surface area contributed by atoms with Gasteiger partial charge in [0.25, 0.3) is 0 Å². The van der Waals surface area contributed by atoms with Gasteiger partial charge in [0.1, 0.15) is 11.5 Å². The summed E-state index contributed by atoms with van der Waals surface area (Å²) in [5.74, 6) is 0.390. The highest BCUT2D eigenvalue weighted by Gasteiger charge is 2.38. The molecule has 0 fully saturated rings. The van der Waals surface area contributed by atoms with Crippen LogP contribution in [-0.4, -0.2) is 22.8 Å². The van der Waals surface area contributed by atoms with E-state index in [9.17, 15) is 15.0 Å². The molecule has 0 amide bonds. The molecule has 0 saturated heterocycles. The molecule has 0 bridgehead atoms. The molecule has 2 rings (SSSR count). The number of phenolic OH excluding ortho intramolecular Hbond substituents is 2. The first-order chi connectivity index (χ1) is 13.7. The largest absolute Gasteiger partial charge is 0.507 e. The second kappa shape index (κ2) is 10.2. The number of aromatic hydroxyl groups is 2. The molecule has 4 nitrogen and oxygen atoms in total. The van der Waals surface area contributed by atoms with Crippen molar-refractivity contribution in [1.29, 1.82) is 0 Å². The number of carbonyl (C=O) groups excluding carboxylic acids is 1. The number of esters is 1. The highest BCUT2D eigenvalue weighted by molar-refractivity contribution is 5.87. The van der Waals surface area contributed by atoms with Gasteiger partial charge in [-0.2, -0.15) is 0 Å². The fourth-order valence-corrected chi connectivity index (χ4v) is 4.37. The maximum Gasteiger partial charge on any atom is 0.315 e. The molecule has 1 unspecified atom stereocenters. The van der Waals surface area contributed by atoms with E-state index in [2.05, 4.69) is 13.8 Å². The van der Waals surface area contributed by atoms with E-state index in [1.54, 1.807) is 12.1 Å². The van der Waals surface area contributed by atoms with Crippen LogP contribution in [0.3, 0.4) is 0 Å². The molecule has 0 saturated carbocycles. The molecule has 1 aliphatic rings. The zero-order valence-electron chi connectivity index (χ0n) is 18.8. The van der Waals surface area contributed by atoms with E-state index in [4.69, 9.17) is 4.74 Å². The number of benzene rings is 1. The van der Waals surface area contributed by atoms with Gasteiger partial charge in [0.15, 0.2) is 0 Å². The molecule has 162 valence electrons. The van der Waals surface area contributed by atoms with Crippen molar-refractivity contribution < 1.29 is 19.7 Å². The lowest BCUT2D eigenvalue weighted by Crippen LogP contribution is -2.31. The topological polar surface area (TPSA) is 66.8 Å². The third kappa shape index (κ3) is 5.55. The standard InChI is InChI=1S/C25H38O4/c1-6-8-9-10-11-18-15-21(26)23(22(27)16-18)19-14-17(3)12-13-20(19)25(4,5)24(28)29-7-2/h15-17,26-27H,6-14H2,1-5H3. The van der Waals surface area contributed by atoms with Gasteiger partial charge in [-0.1, -0.05) is 33.1 Å². The summed E-state index contributed by atoms with van der Waals surface area (Å²) in [6, 6.07) is 3.56. The molecule has 0 aliphatic heterocycles. The number of rotatable bonds is 9. The summed E-state index contributed by atoms with van der Waals surface area (Å²) in [5.41, 5.74) is 2.52. The van der Waals surface area contributed by atoms with E-state index >= 15 is 0 Å². The Kier molecular flexibility index (Phi) is 8.18. The zero-order chi connectivity index (χ0) is 21.6. The molecule has 1 aromatic rings. The Labute approximate surface area is 176 Å². The van der Waals surface area contributed by atoms with Crippen LogP contribution < -0.4 is 0 Å². The normalized spacial score (nSPS) is 17.5. The molecule has 29 heavy (non-hydrogen) atoms. The number of phenols is 2. The maximum absolute atomic E-state index is 12.6. The van der Waals surface area contributed by atoms with Crippen molar-refractivity contribution in [3.63, 3.8) is 0 Å². The van der Waals surface area contributed by atoms with Crippen LogP contribution >= 0.6 is 0 Å². The lowest BCUT2D eigenvalue weighted by molar-refractivity contribution is -0.151. The molecule has 1 aliphatic carbocycles. The minimum atomic E-state index is -0.789. The summed E-state index contributed by atoms with van der Waals surface area (Å²) >= 11 is 0. The Balaban J connectivity index is 2.44. The van der Waals surface area contributed by atoms with Gasteiger partial charge in [-0.25, -0.2) is 0 Å². The number of unbranched alkanes of at least 4 members (excludes halogenated alkanes) is 3. The Morgan fingerprint density at radius 2 is 1.79 bits per heavy atom. The Morgan fingerprint density at radius 1 is 1.14 bits per heavy atom. The van der Waals surface area contributed by atoms with Crippen LogP contribution in [0, 0.1) is 11.3 Å². The molecule has 2 N–H and O–H groups in total. The second-order valence-electron chi connectivity index (χ2n) is 8.97. The summed E-state index contributed by atoms with van der Waals surface area (Å²) in [6.07, 6.45) is 7.91. The molecule has 0 heterocycles. The lowest BCUT2D eigenvalue weighted by atomic mass is 9.71. The van der Waals surface area contributed by atoms with E-state index < -0.39 is 5.41 Å². The first kappa shape index (κ1) is 23.3. The Hall–Kier alpha value is -1.97. The van der Waals surface area contributed by atoms with E-state index in [-0.39, 0.29) is 17.5 Å². The van der Waals surface area contributed by atoms with Gasteiger partial charge in [-0.05, 0) is 87.6 Å². The third-order valence-electron chi connectivity index (χ3n) is 6.12. The highest BCUT2D eigenvalue weighted by atomic mass is 16.5. The van der Waals surface area contributed by atoms with E-state index in [1.165, 1.54) is 12.8 Å². The van der Waals surface area contributed by atoms with Crippen molar-refractivity contribution in [2.75, 3.05) is 6.61 Å². The molecule has 0 aromatic heterocycles. The summed E-state index contributed by atoms with van der Waals surface area (Å²) in [7, 11) is 0. The number of carbonyl (C=O) groups is 1. The van der Waals surface area contributed by atoms with Crippen LogP contribution in [0.2, 0.25) is 0 Å². The number of hydrogen-bond acceptors (Lipinski definition) is 4. The molecular formula is C25H38O4. The van der Waals surface area contributed by atoms with E-state index in [0.29, 0.717) is 18.1 Å². The average Bonchev–Trinajstić information content (AvgIpc) is 2.65. The van der Waals surface area contributed by atoms with Crippen molar-refractivity contribution in [2.45, 2.75) is 86.0 Å². The summed E-state index contributed by atoms with van der Waals surface area (Å²) in [4.78, 5) is 12.6. The number of hydrogen-bond donors (Lipinski definition) is 2. The monoisotopic (exact) mass is 402 g/mol. The fraction of sp³-hybridized carbons (Fsp3) is 0.640. The van der Waals surface area contributed by atoms with Crippen molar-refractivity contribution in [3.05, 3.63) is 28.8 Å². The third-order valence-corrected chi connectivity index (χ3v) is 6.12. The van der Waals surface area contributed by atoms with E-state index in [1.807, 2.05) is 20.8 Å². The van der Waals surface area contributed by atoms with Crippen molar-refractivity contribution in [3.8, 4) is 11.5 Å². The van der Waals surface area contributed by atoms with Gasteiger partial charge in [-0.3, -0.25) is 4.79 Å². The number of aryl methyl sites for hydroxylation is 1. The Morgan fingerprint density at radius 3 is 2.38 bits per heavy atom. The molecule has 0 radical (unpaired) electrons.